The van der Waals surface area contributed by atoms with Crippen LogP contribution in [0.3, 0.4) is 0 Å². The van der Waals surface area contributed by atoms with Crippen molar-refractivity contribution < 1.29 is 4.79 Å². The number of rotatable bonds is 4. The van der Waals surface area contributed by atoms with Crippen molar-refractivity contribution in [3.8, 4) is 0 Å². The molecule has 0 bridgehead atoms. The van der Waals surface area contributed by atoms with E-state index in [4.69, 9.17) is 11.1 Å². The van der Waals surface area contributed by atoms with Gasteiger partial charge >= 0.3 is 0 Å². The Hall–Kier alpha value is -1.84. The van der Waals surface area contributed by atoms with E-state index in [1.165, 1.54) is 0 Å². The Morgan fingerprint density at radius 2 is 2.07 bits per heavy atom. The Morgan fingerprint density at radius 1 is 1.43 bits per heavy atom. The summed E-state index contributed by atoms with van der Waals surface area (Å²) in [5.41, 5.74) is 7.01. The summed E-state index contributed by atoms with van der Waals surface area (Å²) in [5.74, 6) is -0.0843. The lowest BCUT2D eigenvalue weighted by atomic mass is 10.1. The number of benzene rings is 1. The van der Waals surface area contributed by atoms with Gasteiger partial charge in [0.15, 0.2) is 12.2 Å². The molecule has 1 aromatic carbocycles. The fourth-order valence-electron chi connectivity index (χ4n) is 1.11. The smallest absolute Gasteiger partial charge is 0.198 e. The Kier molecular flexibility index (Phi) is 3.67. The number of carbonyl (C=O) groups excluding carboxylic acids is 1. The second-order valence-electron chi connectivity index (χ2n) is 2.88. The van der Waals surface area contributed by atoms with Crippen molar-refractivity contribution in [1.82, 2.24) is 0 Å². The van der Waals surface area contributed by atoms with Crippen molar-refractivity contribution in [2.75, 3.05) is 5.32 Å². The van der Waals surface area contributed by atoms with E-state index in [1.54, 1.807) is 0 Å². The SMILES string of the molecule is N=C(N)Nc1ccc(CC[C]=O)cc1. The summed E-state index contributed by atoms with van der Waals surface area (Å²) in [6.07, 6.45) is 2.96. The van der Waals surface area contributed by atoms with E-state index in [-0.39, 0.29) is 5.96 Å². The Balaban J connectivity index is 2.58. The van der Waals surface area contributed by atoms with Crippen molar-refractivity contribution in [1.29, 1.82) is 5.41 Å². The molecular weight excluding hydrogens is 178 g/mol. The summed E-state index contributed by atoms with van der Waals surface area (Å²) in [7, 11) is 0. The zero-order valence-corrected chi connectivity index (χ0v) is 7.71. The normalized spacial score (nSPS) is 9.43. The van der Waals surface area contributed by atoms with Gasteiger partial charge in [0, 0.05) is 12.1 Å². The van der Waals surface area contributed by atoms with Crippen molar-refractivity contribution >= 4 is 17.9 Å². The molecule has 0 spiro atoms. The average molecular weight is 190 g/mol. The molecule has 4 N–H and O–H groups in total. The van der Waals surface area contributed by atoms with Crippen LogP contribution in [0.1, 0.15) is 12.0 Å². The largest absolute Gasteiger partial charge is 0.370 e. The number of aryl methyl sites for hydroxylation is 1. The molecule has 0 heterocycles. The zero-order chi connectivity index (χ0) is 10.4. The maximum Gasteiger partial charge on any atom is 0.198 e. The van der Waals surface area contributed by atoms with E-state index >= 15 is 0 Å². The predicted molar refractivity (Wildman–Crippen MR) is 56.0 cm³/mol. The van der Waals surface area contributed by atoms with E-state index < -0.39 is 0 Å². The fraction of sp³-hybridized carbons (Fsp3) is 0.200. The summed E-state index contributed by atoms with van der Waals surface area (Å²) in [4.78, 5) is 10.0. The second kappa shape index (κ2) is 5.01. The van der Waals surface area contributed by atoms with Crippen LogP contribution >= 0.6 is 0 Å². The summed E-state index contributed by atoms with van der Waals surface area (Å²) in [6, 6.07) is 7.42. The lowest BCUT2D eigenvalue weighted by Gasteiger charge is -2.04. The molecule has 0 saturated carbocycles. The summed E-state index contributed by atoms with van der Waals surface area (Å²) in [6.45, 7) is 0. The van der Waals surface area contributed by atoms with Gasteiger partial charge in [0.05, 0.1) is 0 Å². The van der Waals surface area contributed by atoms with Gasteiger partial charge in [-0.15, -0.1) is 0 Å². The third-order valence-electron chi connectivity index (χ3n) is 1.75. The first-order valence-electron chi connectivity index (χ1n) is 4.27. The minimum Gasteiger partial charge on any atom is -0.370 e. The average Bonchev–Trinajstić information content (AvgIpc) is 2.16. The number of hydrogen-bond acceptors (Lipinski definition) is 2. The molecule has 0 unspecified atom stereocenters. The van der Waals surface area contributed by atoms with E-state index in [9.17, 15) is 4.79 Å². The van der Waals surface area contributed by atoms with Gasteiger partial charge in [-0.2, -0.15) is 0 Å². The lowest BCUT2D eigenvalue weighted by molar-refractivity contribution is 0.551. The van der Waals surface area contributed by atoms with Crippen molar-refractivity contribution in [3.63, 3.8) is 0 Å². The molecule has 0 amide bonds. The second-order valence-corrected chi connectivity index (χ2v) is 2.88. The molecule has 0 fully saturated rings. The van der Waals surface area contributed by atoms with Crippen LogP contribution < -0.4 is 11.1 Å². The lowest BCUT2D eigenvalue weighted by Crippen LogP contribution is -2.20. The van der Waals surface area contributed by atoms with Crippen LogP contribution in [0, 0.1) is 5.41 Å². The van der Waals surface area contributed by atoms with E-state index in [2.05, 4.69) is 5.32 Å². The summed E-state index contributed by atoms with van der Waals surface area (Å²) >= 11 is 0. The highest BCUT2D eigenvalue weighted by Crippen LogP contribution is 2.10. The third-order valence-corrected chi connectivity index (χ3v) is 1.75. The van der Waals surface area contributed by atoms with Gasteiger partial charge in [-0.1, -0.05) is 12.1 Å². The molecule has 0 saturated heterocycles. The van der Waals surface area contributed by atoms with E-state index in [1.807, 2.05) is 30.6 Å². The molecule has 0 aliphatic heterocycles. The van der Waals surface area contributed by atoms with Crippen LogP contribution in [0.5, 0.6) is 0 Å². The topological polar surface area (TPSA) is 79.0 Å². The third kappa shape index (κ3) is 3.26. The minimum atomic E-state index is -0.0843. The van der Waals surface area contributed by atoms with Gasteiger partial charge in [0.1, 0.15) is 0 Å². The molecule has 1 rings (SSSR count). The standard InChI is InChI=1S/C10H12N3O/c11-10(12)13-9-5-3-8(4-6-9)2-1-7-14/h3-6H,1-2H2,(H4,11,12,13). The van der Waals surface area contributed by atoms with Gasteiger partial charge in [0.2, 0.25) is 0 Å². The van der Waals surface area contributed by atoms with Crippen LogP contribution in [-0.4, -0.2) is 12.2 Å². The van der Waals surface area contributed by atoms with Crippen molar-refractivity contribution in [3.05, 3.63) is 29.8 Å². The van der Waals surface area contributed by atoms with Gasteiger partial charge in [-0.25, -0.2) is 0 Å². The first-order chi connectivity index (χ1) is 6.72. The predicted octanol–water partition coefficient (Wildman–Crippen LogP) is 1.03. The molecule has 4 heteroatoms. The molecule has 1 aromatic rings. The molecule has 4 nitrogen and oxygen atoms in total. The molecular formula is C10H12N3O. The van der Waals surface area contributed by atoms with E-state index in [0.717, 1.165) is 11.3 Å². The summed E-state index contributed by atoms with van der Waals surface area (Å²) < 4.78 is 0. The summed E-state index contributed by atoms with van der Waals surface area (Å²) in [5, 5.41) is 9.68. The molecule has 1 radical (unpaired) electrons. The van der Waals surface area contributed by atoms with Crippen molar-refractivity contribution in [2.24, 2.45) is 5.73 Å². The highest BCUT2D eigenvalue weighted by Gasteiger charge is 1.95. The minimum absolute atomic E-state index is 0.0843. The van der Waals surface area contributed by atoms with Crippen LogP contribution in [0.4, 0.5) is 5.69 Å². The number of nitrogens with two attached hydrogens (primary N) is 1. The van der Waals surface area contributed by atoms with Crippen LogP contribution in [0.15, 0.2) is 24.3 Å². The Morgan fingerprint density at radius 3 is 2.57 bits per heavy atom. The van der Waals surface area contributed by atoms with Gasteiger partial charge in [-0.05, 0) is 24.1 Å². The first-order valence-corrected chi connectivity index (χ1v) is 4.27. The maximum absolute atomic E-state index is 10.0. The Labute approximate surface area is 82.6 Å². The molecule has 14 heavy (non-hydrogen) atoms. The molecule has 0 aromatic heterocycles. The monoisotopic (exact) mass is 190 g/mol. The van der Waals surface area contributed by atoms with E-state index in [0.29, 0.717) is 12.8 Å². The van der Waals surface area contributed by atoms with Gasteiger partial charge < -0.3 is 11.1 Å². The number of anilines is 1. The van der Waals surface area contributed by atoms with Gasteiger partial charge in [-0.3, -0.25) is 10.2 Å². The van der Waals surface area contributed by atoms with Crippen LogP contribution in [0.2, 0.25) is 0 Å². The van der Waals surface area contributed by atoms with Crippen LogP contribution in [-0.2, 0) is 11.2 Å². The number of guanidine groups is 1. The Bertz CT molecular complexity index is 319. The van der Waals surface area contributed by atoms with Crippen molar-refractivity contribution in [2.45, 2.75) is 12.8 Å². The number of hydrogen-bond donors (Lipinski definition) is 3. The zero-order valence-electron chi connectivity index (χ0n) is 7.71. The number of nitrogens with one attached hydrogen (secondary N) is 2. The molecule has 0 aliphatic carbocycles. The first kappa shape index (κ1) is 10.2. The van der Waals surface area contributed by atoms with Gasteiger partial charge in [0.25, 0.3) is 0 Å². The highest BCUT2D eigenvalue weighted by molar-refractivity contribution is 5.89. The maximum atomic E-state index is 10.0. The highest BCUT2D eigenvalue weighted by atomic mass is 16.1. The molecule has 73 valence electrons. The fourth-order valence-corrected chi connectivity index (χ4v) is 1.11. The molecule has 0 atom stereocenters. The molecule has 0 aliphatic rings. The van der Waals surface area contributed by atoms with Crippen LogP contribution in [0.25, 0.3) is 0 Å². The quantitative estimate of drug-likeness (QED) is 0.490.